The van der Waals surface area contributed by atoms with Crippen LogP contribution in [0.5, 0.6) is 0 Å². The smallest absolute Gasteiger partial charge is 0.255 e. The normalized spacial score (nSPS) is 14.9. The van der Waals surface area contributed by atoms with Gasteiger partial charge in [-0.1, -0.05) is 17.3 Å². The number of hydrogen-bond donors (Lipinski definition) is 3. The van der Waals surface area contributed by atoms with Gasteiger partial charge in [-0.05, 0) is 37.3 Å². The average Bonchev–Trinajstić information content (AvgIpc) is 3.28. The van der Waals surface area contributed by atoms with Crippen LogP contribution in [0.1, 0.15) is 17.3 Å². The first-order valence-electron chi connectivity index (χ1n) is 10.6. The number of likely N-dealkylation sites (N-methyl/N-ethyl adjacent to an activating group) is 1. The fraction of sp³-hybridized carbons (Fsp3) is 0.348. The number of amides is 1. The molecule has 9 nitrogen and oxygen atoms in total. The van der Waals surface area contributed by atoms with Crippen LogP contribution < -0.4 is 0 Å². The van der Waals surface area contributed by atoms with E-state index in [1.807, 2.05) is 0 Å². The van der Waals surface area contributed by atoms with E-state index in [4.69, 9.17) is 4.74 Å². The highest BCUT2D eigenvalue weighted by Crippen LogP contribution is 2.19. The standard InChI is InChI=1S/C23H25F3N4O5/c1-13(32)21(12-31)35-23(29(2)22(34)15-6-7-17(25)18(26)9-15)20(33)11-30-10-19(27-28-30)14-4-3-5-16(24)8-14/h3-10,13,20-21,23,31-33H,11-12H2,1-2H3/t13-,20+,21?,23?/m1/s1. The van der Waals surface area contributed by atoms with Crippen molar-refractivity contribution in [2.45, 2.75) is 38.0 Å². The van der Waals surface area contributed by atoms with E-state index in [1.165, 1.54) is 43.0 Å². The Bertz CT molecular complexity index is 1160. The Hall–Kier alpha value is -3.32. The highest BCUT2D eigenvalue weighted by Gasteiger charge is 2.33. The summed E-state index contributed by atoms with van der Waals surface area (Å²) in [6.45, 7) is 0.478. The van der Waals surface area contributed by atoms with Crippen LogP contribution in [0.15, 0.2) is 48.7 Å². The largest absolute Gasteiger partial charge is 0.394 e. The molecular formula is C23H25F3N4O5. The molecular weight excluding hydrogens is 469 g/mol. The lowest BCUT2D eigenvalue weighted by Crippen LogP contribution is -2.51. The predicted octanol–water partition coefficient (Wildman–Crippen LogP) is 1.58. The summed E-state index contributed by atoms with van der Waals surface area (Å²) in [6, 6.07) is 8.24. The molecule has 1 amide bonds. The molecule has 2 aromatic carbocycles. The Balaban J connectivity index is 1.84. The molecule has 0 fully saturated rings. The molecule has 35 heavy (non-hydrogen) atoms. The van der Waals surface area contributed by atoms with Crippen molar-refractivity contribution < 1.29 is 38.0 Å². The summed E-state index contributed by atoms with van der Waals surface area (Å²) in [4.78, 5) is 13.9. The van der Waals surface area contributed by atoms with Crippen molar-refractivity contribution >= 4 is 5.91 Å². The van der Waals surface area contributed by atoms with Crippen LogP contribution in [-0.4, -0.2) is 79.3 Å². The predicted molar refractivity (Wildman–Crippen MR) is 117 cm³/mol. The third-order valence-electron chi connectivity index (χ3n) is 5.26. The van der Waals surface area contributed by atoms with Gasteiger partial charge in [-0.25, -0.2) is 17.9 Å². The average molecular weight is 494 g/mol. The van der Waals surface area contributed by atoms with Crippen molar-refractivity contribution in [2.24, 2.45) is 0 Å². The van der Waals surface area contributed by atoms with Crippen LogP contribution in [0, 0.1) is 17.5 Å². The first-order valence-corrected chi connectivity index (χ1v) is 10.6. The van der Waals surface area contributed by atoms with E-state index >= 15 is 0 Å². The summed E-state index contributed by atoms with van der Waals surface area (Å²) in [5.74, 6) is -3.64. The van der Waals surface area contributed by atoms with Crippen molar-refractivity contribution in [1.29, 1.82) is 0 Å². The van der Waals surface area contributed by atoms with Gasteiger partial charge in [-0.15, -0.1) is 5.10 Å². The van der Waals surface area contributed by atoms with E-state index in [-0.39, 0.29) is 12.1 Å². The Kier molecular flexibility index (Phi) is 8.57. The van der Waals surface area contributed by atoms with Gasteiger partial charge in [0.05, 0.1) is 25.5 Å². The SMILES string of the molecule is C[C@@H](O)C(CO)OC([C@@H](O)Cn1cc(-c2cccc(F)c2)nn1)N(C)C(=O)c1ccc(F)c(F)c1. The zero-order valence-corrected chi connectivity index (χ0v) is 18.9. The molecule has 0 aliphatic carbocycles. The second-order valence-corrected chi connectivity index (χ2v) is 7.94. The molecule has 4 atom stereocenters. The third-order valence-corrected chi connectivity index (χ3v) is 5.26. The Morgan fingerprint density at radius 3 is 2.51 bits per heavy atom. The molecule has 0 aliphatic heterocycles. The molecule has 0 spiro atoms. The zero-order chi connectivity index (χ0) is 25.7. The first kappa shape index (κ1) is 26.3. The fourth-order valence-corrected chi connectivity index (χ4v) is 3.33. The van der Waals surface area contributed by atoms with E-state index in [0.717, 1.165) is 17.0 Å². The summed E-state index contributed by atoms with van der Waals surface area (Å²) < 4.78 is 47.3. The van der Waals surface area contributed by atoms with Crippen LogP contribution in [-0.2, 0) is 11.3 Å². The summed E-state index contributed by atoms with van der Waals surface area (Å²) in [5, 5.41) is 38.2. The van der Waals surface area contributed by atoms with Gasteiger partial charge >= 0.3 is 0 Å². The summed E-state index contributed by atoms with van der Waals surface area (Å²) >= 11 is 0. The van der Waals surface area contributed by atoms with Gasteiger partial charge in [0.1, 0.15) is 23.7 Å². The fourth-order valence-electron chi connectivity index (χ4n) is 3.33. The lowest BCUT2D eigenvalue weighted by atomic mass is 10.1. The van der Waals surface area contributed by atoms with Crippen LogP contribution in [0.3, 0.4) is 0 Å². The quantitative estimate of drug-likeness (QED) is 0.366. The van der Waals surface area contributed by atoms with Gasteiger partial charge in [0.15, 0.2) is 17.9 Å². The molecule has 3 N–H and O–H groups in total. The van der Waals surface area contributed by atoms with Gasteiger partial charge in [0.2, 0.25) is 0 Å². The second kappa shape index (κ2) is 11.4. The zero-order valence-electron chi connectivity index (χ0n) is 18.9. The molecule has 0 bridgehead atoms. The van der Waals surface area contributed by atoms with Crippen molar-refractivity contribution in [1.82, 2.24) is 19.9 Å². The van der Waals surface area contributed by atoms with Gasteiger partial charge in [-0.2, -0.15) is 0 Å². The second-order valence-electron chi connectivity index (χ2n) is 7.94. The van der Waals surface area contributed by atoms with Crippen LogP contribution in [0.2, 0.25) is 0 Å². The molecule has 12 heteroatoms. The van der Waals surface area contributed by atoms with Crippen molar-refractivity contribution in [2.75, 3.05) is 13.7 Å². The minimum Gasteiger partial charge on any atom is -0.394 e. The number of hydrogen-bond acceptors (Lipinski definition) is 7. The number of carbonyl (C=O) groups excluding carboxylic acids is 1. The number of aromatic nitrogens is 3. The van der Waals surface area contributed by atoms with Gasteiger partial charge in [0, 0.05) is 18.2 Å². The monoisotopic (exact) mass is 494 g/mol. The Morgan fingerprint density at radius 1 is 1.14 bits per heavy atom. The maximum Gasteiger partial charge on any atom is 0.255 e. The molecule has 3 rings (SSSR count). The molecule has 1 heterocycles. The Morgan fingerprint density at radius 2 is 1.89 bits per heavy atom. The molecule has 188 valence electrons. The maximum atomic E-state index is 13.7. The van der Waals surface area contributed by atoms with E-state index in [0.29, 0.717) is 17.3 Å². The summed E-state index contributed by atoms with van der Waals surface area (Å²) in [7, 11) is 1.26. The van der Waals surface area contributed by atoms with E-state index < -0.39 is 54.5 Å². The van der Waals surface area contributed by atoms with Crippen molar-refractivity contribution in [3.8, 4) is 11.3 Å². The number of carbonyl (C=O) groups is 1. The highest BCUT2D eigenvalue weighted by atomic mass is 19.2. The number of ether oxygens (including phenoxy) is 1. The number of nitrogens with zero attached hydrogens (tertiary/aromatic N) is 4. The Labute approximate surface area is 199 Å². The van der Waals surface area contributed by atoms with Gasteiger partial charge < -0.3 is 25.0 Å². The number of aliphatic hydroxyl groups excluding tert-OH is 3. The minimum atomic E-state index is -1.47. The maximum absolute atomic E-state index is 13.7. The number of rotatable bonds is 10. The first-order chi connectivity index (χ1) is 16.6. The minimum absolute atomic E-state index is 0.209. The highest BCUT2D eigenvalue weighted by molar-refractivity contribution is 5.94. The number of aliphatic hydroxyl groups is 3. The van der Waals surface area contributed by atoms with Crippen molar-refractivity contribution in [3.05, 3.63) is 71.7 Å². The lowest BCUT2D eigenvalue weighted by Gasteiger charge is -2.35. The third kappa shape index (κ3) is 6.42. The van der Waals surface area contributed by atoms with Crippen LogP contribution >= 0.6 is 0 Å². The molecule has 1 aromatic heterocycles. The van der Waals surface area contributed by atoms with E-state index in [9.17, 15) is 33.3 Å². The summed E-state index contributed by atoms with van der Waals surface area (Å²) in [6.07, 6.45) is -3.79. The summed E-state index contributed by atoms with van der Waals surface area (Å²) in [5.41, 5.74) is 0.579. The number of halogens is 3. The molecule has 3 aromatic rings. The molecule has 0 saturated heterocycles. The molecule has 0 aliphatic rings. The van der Waals surface area contributed by atoms with E-state index in [1.54, 1.807) is 6.07 Å². The topological polar surface area (TPSA) is 121 Å². The van der Waals surface area contributed by atoms with E-state index in [2.05, 4.69) is 10.3 Å². The molecule has 0 saturated carbocycles. The van der Waals surface area contributed by atoms with Crippen molar-refractivity contribution in [3.63, 3.8) is 0 Å². The number of benzene rings is 2. The van der Waals surface area contributed by atoms with Gasteiger partial charge in [0.25, 0.3) is 5.91 Å². The molecule has 0 radical (unpaired) electrons. The van der Waals surface area contributed by atoms with Gasteiger partial charge in [-0.3, -0.25) is 4.79 Å². The lowest BCUT2D eigenvalue weighted by molar-refractivity contribution is -0.170. The molecule has 2 unspecified atom stereocenters. The van der Waals surface area contributed by atoms with Crippen LogP contribution in [0.4, 0.5) is 13.2 Å². The van der Waals surface area contributed by atoms with Crippen LogP contribution in [0.25, 0.3) is 11.3 Å².